The van der Waals surface area contributed by atoms with E-state index in [9.17, 15) is 4.79 Å². The number of anilines is 1. The van der Waals surface area contributed by atoms with Gasteiger partial charge in [0, 0.05) is 24.1 Å². The molecule has 4 rings (SSSR count). The Kier molecular flexibility index (Phi) is 5.28. The number of carbonyl (C=O) groups excluding carboxylic acids is 1. The molecule has 5 nitrogen and oxygen atoms in total. The zero-order valence-corrected chi connectivity index (χ0v) is 15.3. The van der Waals surface area contributed by atoms with Gasteiger partial charge in [-0.15, -0.1) is 0 Å². The van der Waals surface area contributed by atoms with E-state index in [1.165, 1.54) is 24.0 Å². The quantitative estimate of drug-likeness (QED) is 0.698. The normalized spacial score (nSPS) is 13.2. The highest BCUT2D eigenvalue weighted by Gasteiger charge is 2.15. The van der Waals surface area contributed by atoms with Crippen molar-refractivity contribution in [1.82, 2.24) is 10.1 Å². The fraction of sp³-hybridized carbons (Fsp3) is 0.318. The van der Waals surface area contributed by atoms with Crippen molar-refractivity contribution < 1.29 is 9.32 Å². The van der Waals surface area contributed by atoms with E-state index >= 15 is 0 Å². The minimum atomic E-state index is 0.0387. The van der Waals surface area contributed by atoms with Crippen molar-refractivity contribution in [3.8, 4) is 11.4 Å². The fourth-order valence-corrected chi connectivity index (χ4v) is 3.57. The maximum Gasteiger partial charge on any atom is 0.226 e. The maximum absolute atomic E-state index is 12.3. The summed E-state index contributed by atoms with van der Waals surface area (Å²) in [4.78, 5) is 16.7. The molecule has 1 aliphatic carbocycles. The summed E-state index contributed by atoms with van der Waals surface area (Å²) in [5.41, 5.74) is 4.58. The molecule has 0 saturated carbocycles. The van der Waals surface area contributed by atoms with Crippen molar-refractivity contribution in [3.63, 3.8) is 0 Å². The van der Waals surface area contributed by atoms with Gasteiger partial charge in [-0.25, -0.2) is 0 Å². The van der Waals surface area contributed by atoms with Crippen molar-refractivity contribution in [3.05, 3.63) is 65.5 Å². The van der Waals surface area contributed by atoms with E-state index in [2.05, 4.69) is 21.5 Å². The number of nitrogens with one attached hydrogen (secondary N) is 1. The van der Waals surface area contributed by atoms with Crippen LogP contribution < -0.4 is 5.32 Å². The van der Waals surface area contributed by atoms with E-state index in [1.54, 1.807) is 0 Å². The number of nitrogens with zero attached hydrogens (tertiary/aromatic N) is 2. The van der Waals surface area contributed by atoms with Crippen molar-refractivity contribution in [2.75, 3.05) is 5.32 Å². The Morgan fingerprint density at radius 1 is 1.04 bits per heavy atom. The number of hydrogen-bond acceptors (Lipinski definition) is 4. The molecule has 1 aromatic heterocycles. The third-order valence-electron chi connectivity index (χ3n) is 4.96. The highest BCUT2D eigenvalue weighted by atomic mass is 16.5. The third-order valence-corrected chi connectivity index (χ3v) is 4.96. The van der Waals surface area contributed by atoms with Gasteiger partial charge >= 0.3 is 0 Å². The molecule has 0 saturated heterocycles. The minimum Gasteiger partial charge on any atom is -0.339 e. The second kappa shape index (κ2) is 8.16. The van der Waals surface area contributed by atoms with Crippen LogP contribution >= 0.6 is 0 Å². The third kappa shape index (κ3) is 4.25. The number of hydrogen-bond donors (Lipinski definition) is 1. The summed E-state index contributed by atoms with van der Waals surface area (Å²) in [5.74, 6) is 1.20. The van der Waals surface area contributed by atoms with Gasteiger partial charge in [-0.2, -0.15) is 4.98 Å². The Morgan fingerprint density at radius 2 is 1.89 bits per heavy atom. The van der Waals surface area contributed by atoms with Gasteiger partial charge in [-0.05, 0) is 49.3 Å². The number of aryl methyl sites for hydroxylation is 2. The second-order valence-corrected chi connectivity index (χ2v) is 6.93. The Balaban J connectivity index is 1.30. The molecule has 0 spiro atoms. The van der Waals surface area contributed by atoms with Gasteiger partial charge in [0.05, 0.1) is 0 Å². The number of rotatable bonds is 6. The summed E-state index contributed by atoms with van der Waals surface area (Å²) in [6.45, 7) is 0. The van der Waals surface area contributed by atoms with Crippen molar-refractivity contribution >= 4 is 11.6 Å². The van der Waals surface area contributed by atoms with Crippen LogP contribution in [0.15, 0.2) is 53.1 Å². The fourth-order valence-electron chi connectivity index (χ4n) is 3.57. The molecule has 0 bridgehead atoms. The molecule has 0 atom stereocenters. The van der Waals surface area contributed by atoms with Crippen LogP contribution in [0.4, 0.5) is 5.69 Å². The molecule has 1 N–H and O–H groups in total. The van der Waals surface area contributed by atoms with Crippen LogP contribution in [-0.4, -0.2) is 16.0 Å². The lowest BCUT2D eigenvalue weighted by atomic mass is 9.90. The highest BCUT2D eigenvalue weighted by Crippen LogP contribution is 2.28. The number of amides is 1. The molecule has 0 unspecified atom stereocenters. The van der Waals surface area contributed by atoms with Crippen LogP contribution in [0.25, 0.3) is 11.4 Å². The molecule has 1 heterocycles. The van der Waals surface area contributed by atoms with Gasteiger partial charge in [0.1, 0.15) is 0 Å². The maximum atomic E-state index is 12.3. The highest BCUT2D eigenvalue weighted by molar-refractivity contribution is 5.91. The molecular formula is C22H23N3O2. The van der Waals surface area contributed by atoms with Crippen LogP contribution in [0.2, 0.25) is 0 Å². The Hall–Kier alpha value is -2.95. The first kappa shape index (κ1) is 17.5. The van der Waals surface area contributed by atoms with E-state index in [4.69, 9.17) is 4.52 Å². The van der Waals surface area contributed by atoms with Gasteiger partial charge in [0.15, 0.2) is 0 Å². The predicted molar refractivity (Wildman–Crippen MR) is 104 cm³/mol. The van der Waals surface area contributed by atoms with Crippen molar-refractivity contribution in [2.45, 2.75) is 44.9 Å². The minimum absolute atomic E-state index is 0.0387. The van der Waals surface area contributed by atoms with E-state index in [-0.39, 0.29) is 5.91 Å². The monoisotopic (exact) mass is 361 g/mol. The lowest BCUT2D eigenvalue weighted by Gasteiger charge is -2.19. The van der Waals surface area contributed by atoms with E-state index in [1.807, 2.05) is 42.5 Å². The summed E-state index contributed by atoms with van der Waals surface area (Å²) in [7, 11) is 0. The first-order valence-corrected chi connectivity index (χ1v) is 9.58. The lowest BCUT2D eigenvalue weighted by molar-refractivity contribution is -0.116. The summed E-state index contributed by atoms with van der Waals surface area (Å²) in [6.07, 6.45) is 6.31. The van der Waals surface area contributed by atoms with E-state index in [0.29, 0.717) is 31.0 Å². The summed E-state index contributed by atoms with van der Waals surface area (Å²) >= 11 is 0. The molecule has 3 aromatic rings. The van der Waals surface area contributed by atoms with E-state index in [0.717, 1.165) is 24.1 Å². The molecule has 27 heavy (non-hydrogen) atoms. The molecule has 0 fully saturated rings. The Labute approximate surface area is 158 Å². The first-order chi connectivity index (χ1) is 13.3. The zero-order valence-electron chi connectivity index (χ0n) is 15.3. The number of fused-ring (bicyclic) bond motifs is 1. The summed E-state index contributed by atoms with van der Waals surface area (Å²) in [5, 5.41) is 7.10. The second-order valence-electron chi connectivity index (χ2n) is 6.93. The van der Waals surface area contributed by atoms with E-state index < -0.39 is 0 Å². The first-order valence-electron chi connectivity index (χ1n) is 9.58. The number of carbonyl (C=O) groups is 1. The molecule has 5 heteroatoms. The van der Waals surface area contributed by atoms with Crippen LogP contribution in [0.5, 0.6) is 0 Å². The number of aromatic nitrogens is 2. The van der Waals surface area contributed by atoms with Gasteiger partial charge in [0.2, 0.25) is 17.6 Å². The smallest absolute Gasteiger partial charge is 0.226 e. The molecule has 1 amide bonds. The van der Waals surface area contributed by atoms with Gasteiger partial charge in [-0.3, -0.25) is 4.79 Å². The Bertz CT molecular complexity index is 918. The van der Waals surface area contributed by atoms with Crippen molar-refractivity contribution in [1.29, 1.82) is 0 Å². The lowest BCUT2D eigenvalue weighted by Crippen LogP contribution is -2.15. The predicted octanol–water partition coefficient (Wildman–Crippen LogP) is 4.58. The molecule has 138 valence electrons. The van der Waals surface area contributed by atoms with Gasteiger partial charge in [0.25, 0.3) is 0 Å². The summed E-state index contributed by atoms with van der Waals surface area (Å²) in [6, 6.07) is 15.9. The zero-order chi connectivity index (χ0) is 18.5. The summed E-state index contributed by atoms with van der Waals surface area (Å²) < 4.78 is 5.30. The molecule has 0 radical (unpaired) electrons. The SMILES string of the molecule is O=C(CCCc1nc(-c2ccccc2)no1)Nc1cccc2c1CCCC2. The number of benzene rings is 2. The van der Waals surface area contributed by atoms with Crippen molar-refractivity contribution in [2.24, 2.45) is 0 Å². The van der Waals surface area contributed by atoms with Crippen LogP contribution in [0.1, 0.15) is 42.7 Å². The van der Waals surface area contributed by atoms with Crippen LogP contribution in [0, 0.1) is 0 Å². The Morgan fingerprint density at radius 3 is 2.78 bits per heavy atom. The average Bonchev–Trinajstić information content (AvgIpc) is 3.18. The van der Waals surface area contributed by atoms with Gasteiger partial charge in [-0.1, -0.05) is 47.6 Å². The largest absolute Gasteiger partial charge is 0.339 e. The average molecular weight is 361 g/mol. The molecule has 1 aliphatic rings. The molecular weight excluding hydrogens is 338 g/mol. The van der Waals surface area contributed by atoms with Gasteiger partial charge < -0.3 is 9.84 Å². The topological polar surface area (TPSA) is 68.0 Å². The molecule has 2 aromatic carbocycles. The van der Waals surface area contributed by atoms with Crippen LogP contribution in [-0.2, 0) is 24.1 Å². The molecule has 0 aliphatic heterocycles. The van der Waals surface area contributed by atoms with Crippen LogP contribution in [0.3, 0.4) is 0 Å². The standard InChI is InChI=1S/C22H23N3O2/c26-20(23-19-13-6-11-16-8-4-5-12-18(16)19)14-7-15-21-24-22(25-27-21)17-9-2-1-3-10-17/h1-3,6,9-11,13H,4-5,7-8,12,14-15H2,(H,23,26).